The van der Waals surface area contributed by atoms with Gasteiger partial charge in [-0.3, -0.25) is 14.3 Å². The second-order valence-electron chi connectivity index (χ2n) is 6.90. The maximum absolute atomic E-state index is 12.2. The van der Waals surface area contributed by atoms with E-state index in [0.29, 0.717) is 5.69 Å². The largest absolute Gasteiger partial charge is 0.408 e. The molecule has 3 rings (SSSR count). The molecule has 0 unspecified atom stereocenters. The van der Waals surface area contributed by atoms with Gasteiger partial charge in [-0.05, 0) is 41.6 Å². The number of carbonyl (C=O) groups is 2. The topological polar surface area (TPSA) is 176 Å². The van der Waals surface area contributed by atoms with Crippen molar-refractivity contribution in [3.63, 3.8) is 0 Å². The summed E-state index contributed by atoms with van der Waals surface area (Å²) in [5.74, 6) is -1.50. The molecule has 3 aromatic heterocycles. The molecule has 0 aromatic carbocycles. The van der Waals surface area contributed by atoms with E-state index in [9.17, 15) is 19.7 Å². The standard InChI is InChI=1S/C17H19BrClN9O5/c1-8-13(18)9(2)26(23-8)6-11-22-17(33-25-11)16(30)21-5-4-20-12(29)7-27-10(3)14(19)15(24-27)28(31)32/h4-7H2,1-3H3,(H,20,29)(H,21,30). The zero-order chi connectivity index (χ0) is 24.3. The van der Waals surface area contributed by atoms with Crippen LogP contribution in [-0.4, -0.2) is 59.5 Å². The van der Waals surface area contributed by atoms with Gasteiger partial charge in [0.05, 0.1) is 26.7 Å². The highest BCUT2D eigenvalue weighted by molar-refractivity contribution is 9.10. The number of rotatable bonds is 9. The maximum atomic E-state index is 12.2. The van der Waals surface area contributed by atoms with E-state index < -0.39 is 22.6 Å². The lowest BCUT2D eigenvalue weighted by atomic mass is 10.4. The van der Waals surface area contributed by atoms with Crippen molar-refractivity contribution in [2.75, 3.05) is 13.1 Å². The maximum Gasteiger partial charge on any atom is 0.408 e. The Labute approximate surface area is 199 Å². The third kappa shape index (κ3) is 5.54. The number of carbonyl (C=O) groups excluding carboxylic acids is 2. The zero-order valence-electron chi connectivity index (χ0n) is 17.8. The molecule has 2 N–H and O–H groups in total. The van der Waals surface area contributed by atoms with Crippen LogP contribution in [0.2, 0.25) is 5.02 Å². The van der Waals surface area contributed by atoms with Gasteiger partial charge in [-0.1, -0.05) is 16.8 Å². The Hall–Kier alpha value is -3.33. The molecule has 176 valence electrons. The molecule has 33 heavy (non-hydrogen) atoms. The number of aromatic nitrogens is 6. The van der Waals surface area contributed by atoms with Gasteiger partial charge in [0.1, 0.15) is 13.1 Å². The highest BCUT2D eigenvalue weighted by atomic mass is 79.9. The van der Waals surface area contributed by atoms with Crippen LogP contribution in [0.1, 0.15) is 33.6 Å². The van der Waals surface area contributed by atoms with E-state index in [1.54, 1.807) is 4.68 Å². The van der Waals surface area contributed by atoms with Gasteiger partial charge >= 0.3 is 17.6 Å². The molecule has 0 spiro atoms. The van der Waals surface area contributed by atoms with Crippen LogP contribution in [0.15, 0.2) is 9.00 Å². The second kappa shape index (κ2) is 10.1. The second-order valence-corrected chi connectivity index (χ2v) is 8.07. The average Bonchev–Trinajstić information content (AvgIpc) is 3.41. The number of halogens is 2. The normalized spacial score (nSPS) is 10.9. The lowest BCUT2D eigenvalue weighted by molar-refractivity contribution is -0.389. The Bertz CT molecular complexity index is 1220. The van der Waals surface area contributed by atoms with Crippen LogP contribution in [0.5, 0.6) is 0 Å². The van der Waals surface area contributed by atoms with Gasteiger partial charge in [0.15, 0.2) is 10.8 Å². The number of nitrogens with one attached hydrogen (secondary N) is 2. The van der Waals surface area contributed by atoms with Crippen LogP contribution < -0.4 is 10.6 Å². The van der Waals surface area contributed by atoms with Crippen molar-refractivity contribution >= 4 is 45.2 Å². The first-order valence-electron chi connectivity index (χ1n) is 9.52. The van der Waals surface area contributed by atoms with E-state index in [1.165, 1.54) is 6.92 Å². The van der Waals surface area contributed by atoms with E-state index in [0.717, 1.165) is 20.5 Å². The minimum absolute atomic E-state index is 0.0890. The van der Waals surface area contributed by atoms with Crippen LogP contribution in [0.25, 0.3) is 0 Å². The predicted octanol–water partition coefficient (Wildman–Crippen LogP) is 1.31. The number of hydrogen-bond acceptors (Lipinski definition) is 9. The molecule has 16 heteroatoms. The summed E-state index contributed by atoms with van der Waals surface area (Å²) >= 11 is 9.28. The molecular formula is C17H19BrClN9O5. The summed E-state index contributed by atoms with van der Waals surface area (Å²) < 4.78 is 8.69. The van der Waals surface area contributed by atoms with Crippen molar-refractivity contribution in [2.24, 2.45) is 0 Å². The SMILES string of the molecule is Cc1nn(Cc2noc(C(=O)NCCNC(=O)Cn3nc([N+](=O)[O-])c(Cl)c3C)n2)c(C)c1Br. The first kappa shape index (κ1) is 24.3. The van der Waals surface area contributed by atoms with Crippen molar-refractivity contribution < 1.29 is 19.0 Å². The van der Waals surface area contributed by atoms with Crippen molar-refractivity contribution in [3.8, 4) is 0 Å². The summed E-state index contributed by atoms with van der Waals surface area (Å²) in [5.41, 5.74) is 2.01. The molecule has 2 amide bonds. The molecule has 3 heterocycles. The van der Waals surface area contributed by atoms with Crippen LogP contribution >= 0.6 is 27.5 Å². The molecule has 0 aliphatic heterocycles. The van der Waals surface area contributed by atoms with Gasteiger partial charge in [0.25, 0.3) is 0 Å². The summed E-state index contributed by atoms with van der Waals surface area (Å²) in [4.78, 5) is 38.4. The molecule has 3 aromatic rings. The number of amides is 2. The quantitative estimate of drug-likeness (QED) is 0.228. The number of nitro groups is 1. The lowest BCUT2D eigenvalue weighted by Gasteiger charge is -2.05. The van der Waals surface area contributed by atoms with Gasteiger partial charge in [-0.15, -0.1) is 0 Å². The fourth-order valence-electron chi connectivity index (χ4n) is 2.80. The highest BCUT2D eigenvalue weighted by Crippen LogP contribution is 2.26. The molecule has 0 fully saturated rings. The van der Waals surface area contributed by atoms with Crippen LogP contribution in [-0.2, 0) is 17.9 Å². The van der Waals surface area contributed by atoms with Crippen LogP contribution in [0, 0.1) is 30.9 Å². The van der Waals surface area contributed by atoms with Gasteiger partial charge < -0.3 is 25.3 Å². The van der Waals surface area contributed by atoms with Crippen molar-refractivity contribution in [1.29, 1.82) is 0 Å². The minimum atomic E-state index is -0.724. The summed E-state index contributed by atoms with van der Waals surface area (Å²) in [6.07, 6.45) is 0. The monoisotopic (exact) mass is 543 g/mol. The summed E-state index contributed by atoms with van der Waals surface area (Å²) in [7, 11) is 0. The van der Waals surface area contributed by atoms with E-state index in [2.05, 4.69) is 46.9 Å². The Morgan fingerprint density at radius 3 is 2.45 bits per heavy atom. The van der Waals surface area contributed by atoms with Crippen molar-refractivity contribution in [3.05, 3.63) is 48.4 Å². The number of hydrogen-bond donors (Lipinski definition) is 2. The zero-order valence-corrected chi connectivity index (χ0v) is 20.1. The van der Waals surface area contributed by atoms with Gasteiger partial charge in [-0.25, -0.2) is 0 Å². The third-order valence-electron chi connectivity index (χ3n) is 4.56. The molecular weight excluding hydrogens is 526 g/mol. The number of aryl methyl sites for hydroxylation is 1. The molecule has 0 saturated carbocycles. The Kier molecular flexibility index (Phi) is 7.43. The molecule has 14 nitrogen and oxygen atoms in total. The third-order valence-corrected chi connectivity index (χ3v) is 6.15. The van der Waals surface area contributed by atoms with Crippen molar-refractivity contribution in [1.82, 2.24) is 40.3 Å². The van der Waals surface area contributed by atoms with E-state index >= 15 is 0 Å². The fraction of sp³-hybridized carbons (Fsp3) is 0.412. The highest BCUT2D eigenvalue weighted by Gasteiger charge is 2.25. The predicted molar refractivity (Wildman–Crippen MR) is 117 cm³/mol. The first-order chi connectivity index (χ1) is 15.6. The molecule has 0 aliphatic carbocycles. The number of nitrogens with zero attached hydrogens (tertiary/aromatic N) is 7. The molecule has 0 saturated heterocycles. The smallest absolute Gasteiger partial charge is 0.358 e. The summed E-state index contributed by atoms with van der Waals surface area (Å²) in [5, 5.41) is 27.7. The van der Waals surface area contributed by atoms with E-state index in [1.807, 2.05) is 13.8 Å². The van der Waals surface area contributed by atoms with E-state index in [4.69, 9.17) is 16.1 Å². The summed E-state index contributed by atoms with van der Waals surface area (Å²) in [6.45, 7) is 5.42. The minimum Gasteiger partial charge on any atom is -0.358 e. The van der Waals surface area contributed by atoms with Gasteiger partial charge in [0.2, 0.25) is 5.91 Å². The average molecular weight is 545 g/mol. The summed E-state index contributed by atoms with van der Waals surface area (Å²) in [6, 6.07) is 0. The first-order valence-corrected chi connectivity index (χ1v) is 10.7. The molecule has 0 aliphatic rings. The molecule has 0 atom stereocenters. The Balaban J connectivity index is 1.45. The van der Waals surface area contributed by atoms with Crippen LogP contribution in [0.3, 0.4) is 0 Å². The Morgan fingerprint density at radius 1 is 1.15 bits per heavy atom. The van der Waals surface area contributed by atoms with Crippen molar-refractivity contribution in [2.45, 2.75) is 33.9 Å². The van der Waals surface area contributed by atoms with E-state index in [-0.39, 0.29) is 42.9 Å². The molecule has 0 radical (unpaired) electrons. The van der Waals surface area contributed by atoms with Gasteiger partial charge in [-0.2, -0.15) is 14.8 Å². The van der Waals surface area contributed by atoms with Gasteiger partial charge in [0, 0.05) is 13.1 Å². The fourth-order valence-corrected chi connectivity index (χ4v) is 3.29. The molecule has 0 bridgehead atoms. The lowest BCUT2D eigenvalue weighted by Crippen LogP contribution is -2.36. The Morgan fingerprint density at radius 2 is 1.85 bits per heavy atom. The van der Waals surface area contributed by atoms with Crippen LogP contribution in [0.4, 0.5) is 5.82 Å².